The fourth-order valence-corrected chi connectivity index (χ4v) is 4.16. The van der Waals surface area contributed by atoms with Gasteiger partial charge in [0.1, 0.15) is 5.75 Å². The molecule has 0 spiro atoms. The number of rotatable bonds is 9. The lowest BCUT2D eigenvalue weighted by atomic mass is 10.0. The van der Waals surface area contributed by atoms with Crippen LogP contribution in [-0.2, 0) is 9.59 Å². The minimum absolute atomic E-state index is 0.0845. The number of hydrogen-bond acceptors (Lipinski definition) is 4. The number of benzene rings is 3. The average Bonchev–Trinajstić information content (AvgIpc) is 3.66. The highest BCUT2D eigenvalue weighted by Gasteiger charge is 2.34. The molecule has 1 fully saturated rings. The van der Waals surface area contributed by atoms with Crippen LogP contribution in [0.1, 0.15) is 36.9 Å². The lowest BCUT2D eigenvalue weighted by Gasteiger charge is -2.29. The molecule has 172 valence electrons. The van der Waals surface area contributed by atoms with Crippen molar-refractivity contribution in [3.63, 3.8) is 0 Å². The van der Waals surface area contributed by atoms with Gasteiger partial charge in [-0.1, -0.05) is 42.5 Å². The average molecular weight is 446 g/mol. The summed E-state index contributed by atoms with van der Waals surface area (Å²) < 4.78 is 5.30. The highest BCUT2D eigenvalue weighted by molar-refractivity contribution is 5.96. The molecule has 2 amide bonds. The smallest absolute Gasteiger partial charge is 0.243 e. The van der Waals surface area contributed by atoms with Crippen LogP contribution in [0.2, 0.25) is 0 Å². The molecule has 1 aliphatic rings. The molecule has 33 heavy (non-hydrogen) atoms. The molecule has 6 nitrogen and oxygen atoms in total. The van der Waals surface area contributed by atoms with E-state index in [4.69, 9.17) is 4.74 Å². The second-order valence-corrected chi connectivity index (χ2v) is 8.71. The summed E-state index contributed by atoms with van der Waals surface area (Å²) in [5, 5.41) is 8.00. The highest BCUT2D eigenvalue weighted by Crippen LogP contribution is 2.34. The first-order valence-electron chi connectivity index (χ1n) is 11.4. The summed E-state index contributed by atoms with van der Waals surface area (Å²) in [5.41, 5.74) is 2.80. The van der Waals surface area contributed by atoms with E-state index in [9.17, 15) is 9.59 Å². The van der Waals surface area contributed by atoms with Crippen molar-refractivity contribution in [3.8, 4) is 5.75 Å². The minimum Gasteiger partial charge on any atom is -0.495 e. The molecule has 0 bridgehead atoms. The van der Waals surface area contributed by atoms with E-state index in [2.05, 4.69) is 52.8 Å². The van der Waals surface area contributed by atoms with Gasteiger partial charge in [0, 0.05) is 12.1 Å². The van der Waals surface area contributed by atoms with Crippen LogP contribution in [0.15, 0.2) is 60.7 Å². The number of amides is 2. The Labute approximate surface area is 194 Å². The largest absolute Gasteiger partial charge is 0.495 e. The van der Waals surface area contributed by atoms with E-state index in [1.807, 2.05) is 37.3 Å². The Morgan fingerprint density at radius 1 is 1.03 bits per heavy atom. The Morgan fingerprint density at radius 2 is 1.79 bits per heavy atom. The lowest BCUT2D eigenvalue weighted by Crippen LogP contribution is -2.42. The maximum atomic E-state index is 12.7. The Kier molecular flexibility index (Phi) is 6.94. The molecule has 2 N–H and O–H groups in total. The monoisotopic (exact) mass is 445 g/mol. The van der Waals surface area contributed by atoms with Crippen molar-refractivity contribution in [2.24, 2.45) is 0 Å². The molecule has 1 aliphatic carbocycles. The Hall–Kier alpha value is -3.38. The lowest BCUT2D eigenvalue weighted by molar-refractivity contribution is -0.125. The first kappa shape index (κ1) is 22.8. The second-order valence-electron chi connectivity index (χ2n) is 8.71. The van der Waals surface area contributed by atoms with Crippen molar-refractivity contribution >= 4 is 28.3 Å². The molecule has 4 rings (SSSR count). The molecule has 6 heteroatoms. The summed E-state index contributed by atoms with van der Waals surface area (Å²) in [7, 11) is 1.56. The first-order chi connectivity index (χ1) is 15.9. The minimum atomic E-state index is -0.284. The van der Waals surface area contributed by atoms with Crippen LogP contribution in [0.3, 0.4) is 0 Å². The first-order valence-corrected chi connectivity index (χ1v) is 11.4. The zero-order valence-corrected chi connectivity index (χ0v) is 19.4. The van der Waals surface area contributed by atoms with Crippen LogP contribution < -0.4 is 15.4 Å². The van der Waals surface area contributed by atoms with E-state index in [-0.39, 0.29) is 30.9 Å². The number of ether oxygens (including phenoxy) is 1. The molecular formula is C27H31N3O3. The third-order valence-corrected chi connectivity index (χ3v) is 6.17. The third-order valence-electron chi connectivity index (χ3n) is 6.17. The number of anilines is 1. The van der Waals surface area contributed by atoms with Crippen molar-refractivity contribution in [3.05, 3.63) is 71.8 Å². The van der Waals surface area contributed by atoms with E-state index >= 15 is 0 Å². The van der Waals surface area contributed by atoms with Gasteiger partial charge in [0.25, 0.3) is 0 Å². The van der Waals surface area contributed by atoms with Gasteiger partial charge in [0.2, 0.25) is 11.8 Å². The summed E-state index contributed by atoms with van der Waals surface area (Å²) in [5.74, 6) is 0.151. The van der Waals surface area contributed by atoms with Crippen molar-refractivity contribution in [2.45, 2.75) is 38.8 Å². The highest BCUT2D eigenvalue weighted by atomic mass is 16.5. The third kappa shape index (κ3) is 5.71. The molecule has 1 saturated carbocycles. The molecular weight excluding hydrogens is 414 g/mol. The Balaban J connectivity index is 1.35. The van der Waals surface area contributed by atoms with Gasteiger partial charge in [-0.05, 0) is 66.8 Å². The summed E-state index contributed by atoms with van der Waals surface area (Å²) in [6.45, 7) is 4.27. The molecule has 1 unspecified atom stereocenters. The predicted octanol–water partition coefficient (Wildman–Crippen LogP) is 4.44. The molecule has 3 aromatic carbocycles. The molecule has 3 aromatic rings. The SMILES string of the molecule is COc1ccc(C)cc1NC(=O)CNC(=O)CN(C1CC1)C(C)c1ccc2ccccc2c1. The predicted molar refractivity (Wildman–Crippen MR) is 131 cm³/mol. The quantitative estimate of drug-likeness (QED) is 0.511. The van der Waals surface area contributed by atoms with E-state index in [1.165, 1.54) is 16.3 Å². The van der Waals surface area contributed by atoms with Crippen LogP contribution in [0.5, 0.6) is 5.75 Å². The van der Waals surface area contributed by atoms with Crippen LogP contribution in [-0.4, -0.2) is 43.0 Å². The maximum absolute atomic E-state index is 12.7. The van der Waals surface area contributed by atoms with Gasteiger partial charge in [-0.2, -0.15) is 0 Å². The summed E-state index contributed by atoms with van der Waals surface area (Å²) in [6, 6.07) is 20.9. The molecule has 0 saturated heterocycles. The van der Waals surface area contributed by atoms with Crippen molar-refractivity contribution in [1.29, 1.82) is 0 Å². The van der Waals surface area contributed by atoms with Crippen LogP contribution in [0.4, 0.5) is 5.69 Å². The van der Waals surface area contributed by atoms with Gasteiger partial charge in [0.05, 0.1) is 25.9 Å². The topological polar surface area (TPSA) is 70.7 Å². The van der Waals surface area contributed by atoms with Crippen molar-refractivity contribution < 1.29 is 14.3 Å². The van der Waals surface area contributed by atoms with E-state index < -0.39 is 0 Å². The zero-order chi connectivity index (χ0) is 23.4. The number of carbonyl (C=O) groups is 2. The molecule has 1 atom stereocenters. The number of fused-ring (bicyclic) bond motifs is 1. The number of aryl methyl sites for hydroxylation is 1. The Bertz CT molecular complexity index is 1160. The number of methoxy groups -OCH3 is 1. The fraction of sp³-hybridized carbons (Fsp3) is 0.333. The van der Waals surface area contributed by atoms with Crippen molar-refractivity contribution in [1.82, 2.24) is 10.2 Å². The zero-order valence-electron chi connectivity index (χ0n) is 19.4. The van der Waals surface area contributed by atoms with Crippen LogP contribution >= 0.6 is 0 Å². The molecule has 0 radical (unpaired) electrons. The van der Waals surface area contributed by atoms with E-state index in [0.29, 0.717) is 17.5 Å². The van der Waals surface area contributed by atoms with E-state index in [0.717, 1.165) is 18.4 Å². The summed E-state index contributed by atoms with van der Waals surface area (Å²) >= 11 is 0. The summed E-state index contributed by atoms with van der Waals surface area (Å²) in [6.07, 6.45) is 2.19. The van der Waals surface area contributed by atoms with Gasteiger partial charge in [0.15, 0.2) is 0 Å². The number of hydrogen-bond donors (Lipinski definition) is 2. The maximum Gasteiger partial charge on any atom is 0.243 e. The van der Waals surface area contributed by atoms with Gasteiger partial charge in [-0.15, -0.1) is 0 Å². The normalized spacial score (nSPS) is 14.2. The van der Waals surface area contributed by atoms with Gasteiger partial charge >= 0.3 is 0 Å². The Morgan fingerprint density at radius 3 is 2.52 bits per heavy atom. The molecule has 0 heterocycles. The van der Waals surface area contributed by atoms with E-state index in [1.54, 1.807) is 7.11 Å². The van der Waals surface area contributed by atoms with Gasteiger partial charge in [-0.3, -0.25) is 14.5 Å². The van der Waals surface area contributed by atoms with Gasteiger partial charge < -0.3 is 15.4 Å². The fourth-order valence-electron chi connectivity index (χ4n) is 4.16. The number of carbonyl (C=O) groups excluding carboxylic acids is 2. The standard InChI is InChI=1S/C27H31N3O3/c1-18-8-13-25(33-3)24(14-18)29-26(31)16-28-27(32)17-30(23-11-12-23)19(2)21-10-9-20-6-4-5-7-22(20)15-21/h4-10,13-15,19,23H,11-12,16-17H2,1-3H3,(H,28,32)(H,29,31). The van der Waals surface area contributed by atoms with Crippen LogP contribution in [0.25, 0.3) is 10.8 Å². The second kappa shape index (κ2) is 10.0. The van der Waals surface area contributed by atoms with Crippen LogP contribution in [0, 0.1) is 6.92 Å². The van der Waals surface area contributed by atoms with Crippen molar-refractivity contribution in [2.75, 3.05) is 25.5 Å². The molecule has 0 aliphatic heterocycles. The number of nitrogens with zero attached hydrogens (tertiary/aromatic N) is 1. The van der Waals surface area contributed by atoms with Gasteiger partial charge in [-0.25, -0.2) is 0 Å². The summed E-state index contributed by atoms with van der Waals surface area (Å²) in [4.78, 5) is 27.4. The molecule has 0 aromatic heterocycles. The number of nitrogens with one attached hydrogen (secondary N) is 2.